The van der Waals surface area contributed by atoms with Crippen molar-refractivity contribution in [2.75, 3.05) is 27.4 Å². The Morgan fingerprint density at radius 1 is 0.659 bits per heavy atom. The monoisotopic (exact) mass is 572 g/mol. The van der Waals surface area contributed by atoms with Crippen LogP contribution in [0.2, 0.25) is 0 Å². The molecule has 0 saturated carbocycles. The van der Waals surface area contributed by atoms with Crippen LogP contribution in [-0.2, 0) is 0 Å². The maximum Gasteiger partial charge on any atom is 0.347 e. The molecule has 41 heavy (non-hydrogen) atoms. The summed E-state index contributed by atoms with van der Waals surface area (Å²) in [6.07, 6.45) is 0.337. The van der Waals surface area contributed by atoms with Gasteiger partial charge < -0.3 is 28.8 Å². The molecule has 8 nitrogen and oxygen atoms in total. The van der Waals surface area contributed by atoms with Crippen LogP contribution in [0.5, 0.6) is 28.7 Å². The number of aromatic carboxylic acids is 1. The molecule has 0 unspecified atom stereocenters. The number of carbonyl (C=O) groups is 2. The molecule has 3 rings (SSSR count). The summed E-state index contributed by atoms with van der Waals surface area (Å²) in [5.74, 6) is -2.74. The van der Waals surface area contributed by atoms with Gasteiger partial charge in [0.1, 0.15) is 34.1 Å². The number of ether oxygens (including phenoxy) is 5. The Bertz CT molecular complexity index is 1480. The summed E-state index contributed by atoms with van der Waals surface area (Å²) in [7, 11) is 2.79. The zero-order valence-corrected chi connectivity index (χ0v) is 24.4. The van der Waals surface area contributed by atoms with Gasteiger partial charge in [0.15, 0.2) is 17.4 Å². The van der Waals surface area contributed by atoms with Crippen LogP contribution >= 0.6 is 0 Å². The second-order valence-electron chi connectivity index (χ2n) is 9.52. The van der Waals surface area contributed by atoms with E-state index < -0.39 is 29.3 Å². The first-order valence-corrected chi connectivity index (χ1v) is 12.9. The predicted octanol–water partition coefficient (Wildman–Crippen LogP) is 6.60. The number of carbonyl (C=O) groups excluding carboxylic acids is 1. The zero-order chi connectivity index (χ0) is 30.6. The summed E-state index contributed by atoms with van der Waals surface area (Å²) in [5.41, 5.74) is 3.31. The number of benzene rings is 3. The van der Waals surface area contributed by atoms with Gasteiger partial charge in [0.2, 0.25) is 0 Å². The predicted molar refractivity (Wildman–Crippen MR) is 148 cm³/mol. The average Bonchev–Trinajstić information content (AvgIpc) is 2.92. The van der Waals surface area contributed by atoms with Crippen molar-refractivity contribution in [2.24, 2.45) is 0 Å². The molecule has 0 amide bonds. The van der Waals surface area contributed by atoms with Crippen LogP contribution in [0.25, 0.3) is 0 Å². The summed E-state index contributed by atoms with van der Waals surface area (Å²) >= 11 is 0. The molecule has 1 N–H and O–H groups in total. The summed E-state index contributed by atoms with van der Waals surface area (Å²) < 4.78 is 55.6. The Hall–Kier alpha value is -4.34. The molecule has 0 heterocycles. The van der Waals surface area contributed by atoms with Crippen molar-refractivity contribution in [1.82, 2.24) is 0 Å². The van der Waals surface area contributed by atoms with Crippen molar-refractivity contribution in [3.8, 4) is 28.7 Å². The number of para-hydroxylation sites is 1. The van der Waals surface area contributed by atoms with Crippen molar-refractivity contribution in [3.63, 3.8) is 0 Å². The van der Waals surface area contributed by atoms with E-state index in [1.165, 1.54) is 20.3 Å². The average molecular weight is 573 g/mol. The van der Waals surface area contributed by atoms with E-state index in [9.17, 15) is 23.5 Å². The second kappa shape index (κ2) is 12.9. The lowest BCUT2D eigenvalue weighted by Crippen LogP contribution is -2.17. The first kappa shape index (κ1) is 31.2. The molecule has 0 radical (unpaired) electrons. The fourth-order valence-electron chi connectivity index (χ4n) is 4.75. The Morgan fingerprint density at radius 3 is 1.66 bits per heavy atom. The standard InChI is InChI=1S/C31H34F2O8/c1-15-18(4)26(20(6)27(37-7)23(15)30(34)35)41-31(36)24-16(2)17(3)25(19(5)28(24)38-8)39-13-10-14-40-29-21(32)11-9-12-22(29)33/h9,11-12H,10,13-14H2,1-8H3,(H,34,35). The lowest BCUT2D eigenvalue weighted by atomic mass is 9.96. The van der Waals surface area contributed by atoms with E-state index in [4.69, 9.17) is 23.7 Å². The molecule has 0 aliphatic heterocycles. The molecule has 10 heteroatoms. The highest BCUT2D eigenvalue weighted by Gasteiger charge is 2.29. The third-order valence-electron chi connectivity index (χ3n) is 7.09. The van der Waals surface area contributed by atoms with E-state index in [2.05, 4.69) is 0 Å². The van der Waals surface area contributed by atoms with Crippen molar-refractivity contribution >= 4 is 11.9 Å². The van der Waals surface area contributed by atoms with Crippen LogP contribution < -0.4 is 23.7 Å². The van der Waals surface area contributed by atoms with Gasteiger partial charge in [-0.2, -0.15) is 0 Å². The van der Waals surface area contributed by atoms with E-state index in [1.807, 2.05) is 0 Å². The van der Waals surface area contributed by atoms with E-state index in [1.54, 1.807) is 41.5 Å². The minimum absolute atomic E-state index is 0.00804. The van der Waals surface area contributed by atoms with Gasteiger partial charge in [-0.05, 0) is 75.9 Å². The minimum Gasteiger partial charge on any atom is -0.495 e. The molecule has 220 valence electrons. The molecule has 0 bridgehead atoms. The van der Waals surface area contributed by atoms with Crippen LogP contribution in [0.3, 0.4) is 0 Å². The summed E-state index contributed by atoms with van der Waals surface area (Å²) in [6.45, 7) is 10.4. The van der Waals surface area contributed by atoms with Gasteiger partial charge in [-0.1, -0.05) is 6.07 Å². The molecule has 3 aromatic rings. The number of rotatable bonds is 11. The van der Waals surface area contributed by atoms with Crippen molar-refractivity contribution in [1.29, 1.82) is 0 Å². The molecule has 0 fully saturated rings. The number of halogens is 2. The number of carboxylic acids is 1. The molecule has 0 spiro atoms. The Kier molecular flexibility index (Phi) is 9.80. The van der Waals surface area contributed by atoms with Gasteiger partial charge in [0, 0.05) is 17.5 Å². The second-order valence-corrected chi connectivity index (χ2v) is 9.52. The minimum atomic E-state index is -1.14. The summed E-state index contributed by atoms with van der Waals surface area (Å²) in [4.78, 5) is 25.4. The lowest BCUT2D eigenvalue weighted by Gasteiger charge is -2.22. The highest BCUT2D eigenvalue weighted by Crippen LogP contribution is 2.41. The number of hydrogen-bond donors (Lipinski definition) is 1. The zero-order valence-electron chi connectivity index (χ0n) is 24.4. The lowest BCUT2D eigenvalue weighted by molar-refractivity contribution is 0.0692. The molecule has 0 atom stereocenters. The van der Waals surface area contributed by atoms with Gasteiger partial charge >= 0.3 is 11.9 Å². The van der Waals surface area contributed by atoms with Crippen molar-refractivity contribution < 1.29 is 47.2 Å². The number of methoxy groups -OCH3 is 2. The number of carboxylic acid groups (broad SMARTS) is 1. The van der Waals surface area contributed by atoms with Crippen LogP contribution in [0.1, 0.15) is 60.5 Å². The van der Waals surface area contributed by atoms with Gasteiger partial charge in [0.25, 0.3) is 0 Å². The van der Waals surface area contributed by atoms with Crippen LogP contribution in [0.15, 0.2) is 18.2 Å². The van der Waals surface area contributed by atoms with Crippen LogP contribution in [0.4, 0.5) is 8.78 Å². The molecular formula is C31H34F2O8. The SMILES string of the molecule is COc1c(C)c(OC(=O)c2c(C)c(C)c(OCCCOc3c(F)cccc3F)c(C)c2OC)c(C)c(C)c1C(=O)O. The first-order valence-electron chi connectivity index (χ1n) is 12.9. The van der Waals surface area contributed by atoms with Crippen LogP contribution in [-0.4, -0.2) is 44.5 Å². The quantitative estimate of drug-likeness (QED) is 0.156. The fraction of sp³-hybridized carbons (Fsp3) is 0.355. The molecule has 0 saturated heterocycles. The van der Waals surface area contributed by atoms with Gasteiger partial charge in [-0.25, -0.2) is 18.4 Å². The molecular weight excluding hydrogens is 538 g/mol. The van der Waals surface area contributed by atoms with Crippen molar-refractivity contribution in [3.05, 3.63) is 74.3 Å². The number of esters is 1. The van der Waals surface area contributed by atoms with Gasteiger partial charge in [-0.15, -0.1) is 0 Å². The van der Waals surface area contributed by atoms with E-state index >= 15 is 0 Å². The third-order valence-corrected chi connectivity index (χ3v) is 7.09. The Morgan fingerprint density at radius 2 is 1.12 bits per heavy atom. The largest absolute Gasteiger partial charge is 0.495 e. The van der Waals surface area contributed by atoms with E-state index in [-0.39, 0.29) is 41.6 Å². The molecule has 0 aliphatic carbocycles. The maximum atomic E-state index is 13.8. The van der Waals surface area contributed by atoms with Gasteiger partial charge in [-0.3, -0.25) is 0 Å². The Labute approximate surface area is 237 Å². The Balaban J connectivity index is 1.87. The highest BCUT2D eigenvalue weighted by molar-refractivity contribution is 5.98. The fourth-order valence-corrected chi connectivity index (χ4v) is 4.75. The topological polar surface area (TPSA) is 101 Å². The molecule has 3 aromatic carbocycles. The van der Waals surface area contributed by atoms with E-state index in [0.717, 1.165) is 12.1 Å². The van der Waals surface area contributed by atoms with Crippen molar-refractivity contribution in [2.45, 2.75) is 48.0 Å². The summed E-state index contributed by atoms with van der Waals surface area (Å²) in [6, 6.07) is 3.50. The van der Waals surface area contributed by atoms with Crippen LogP contribution in [0, 0.1) is 53.2 Å². The highest BCUT2D eigenvalue weighted by atomic mass is 19.1. The van der Waals surface area contributed by atoms with E-state index in [0.29, 0.717) is 45.6 Å². The first-order chi connectivity index (χ1) is 19.4. The molecule has 0 aromatic heterocycles. The molecule has 0 aliphatic rings. The third kappa shape index (κ3) is 6.06. The number of hydrogen-bond acceptors (Lipinski definition) is 7. The maximum absolute atomic E-state index is 13.8. The smallest absolute Gasteiger partial charge is 0.347 e. The van der Waals surface area contributed by atoms with Gasteiger partial charge in [0.05, 0.1) is 27.4 Å². The summed E-state index contributed by atoms with van der Waals surface area (Å²) in [5, 5.41) is 9.68. The normalized spacial score (nSPS) is 10.8.